The van der Waals surface area contributed by atoms with Gasteiger partial charge in [0.25, 0.3) is 0 Å². The van der Waals surface area contributed by atoms with Crippen molar-refractivity contribution in [3.05, 3.63) is 83.9 Å². The van der Waals surface area contributed by atoms with Crippen LogP contribution in [0.15, 0.2) is 72.8 Å². The Morgan fingerprint density at radius 1 is 0.826 bits per heavy atom. The van der Waals surface area contributed by atoms with Crippen molar-refractivity contribution in [3.63, 3.8) is 0 Å². The van der Waals surface area contributed by atoms with Crippen molar-refractivity contribution in [1.82, 2.24) is 5.32 Å². The molecule has 0 spiro atoms. The van der Waals surface area contributed by atoms with Crippen LogP contribution in [0.25, 0.3) is 11.8 Å². The summed E-state index contributed by atoms with van der Waals surface area (Å²) >= 11 is 0. The van der Waals surface area contributed by atoms with E-state index in [4.69, 9.17) is 0 Å². The molecule has 0 heterocycles. The zero-order valence-electron chi connectivity index (χ0n) is 13.6. The second-order valence-electron chi connectivity index (χ2n) is 6.20. The van der Waals surface area contributed by atoms with E-state index in [-0.39, 0.29) is 0 Å². The first-order valence-corrected chi connectivity index (χ1v) is 8.67. The van der Waals surface area contributed by atoms with Gasteiger partial charge in [0.1, 0.15) is 0 Å². The molecular formula is C22H25N. The van der Waals surface area contributed by atoms with Gasteiger partial charge in [-0.1, -0.05) is 92.1 Å². The quantitative estimate of drug-likeness (QED) is 0.702. The van der Waals surface area contributed by atoms with Crippen LogP contribution in [0.3, 0.4) is 0 Å². The van der Waals surface area contributed by atoms with Crippen molar-refractivity contribution in [2.75, 3.05) is 0 Å². The number of rotatable bonds is 5. The number of benzene rings is 2. The van der Waals surface area contributed by atoms with Crippen LogP contribution in [-0.4, -0.2) is 6.04 Å². The second kappa shape index (κ2) is 8.38. The molecule has 118 valence electrons. The first-order valence-electron chi connectivity index (χ1n) is 8.67. The molecular weight excluding hydrogens is 278 g/mol. The van der Waals surface area contributed by atoms with Gasteiger partial charge >= 0.3 is 0 Å². The Morgan fingerprint density at radius 2 is 1.48 bits per heavy atom. The molecule has 1 aliphatic rings. The maximum Gasteiger partial charge on any atom is 0.0415 e. The van der Waals surface area contributed by atoms with Crippen molar-refractivity contribution < 1.29 is 0 Å². The first kappa shape index (κ1) is 15.6. The second-order valence-corrected chi connectivity index (χ2v) is 6.20. The average Bonchev–Trinajstić information content (AvgIpc) is 2.63. The summed E-state index contributed by atoms with van der Waals surface area (Å²) in [6.07, 6.45) is 13.2. The van der Waals surface area contributed by atoms with E-state index in [0.29, 0.717) is 6.04 Å². The molecule has 1 heteroatoms. The van der Waals surface area contributed by atoms with Crippen LogP contribution >= 0.6 is 0 Å². The van der Waals surface area contributed by atoms with Gasteiger partial charge in [0.15, 0.2) is 0 Å². The van der Waals surface area contributed by atoms with Crippen molar-refractivity contribution in [3.8, 4) is 0 Å². The van der Waals surface area contributed by atoms with Crippen molar-refractivity contribution in [1.29, 1.82) is 0 Å². The highest BCUT2D eigenvalue weighted by Gasteiger charge is 2.14. The lowest BCUT2D eigenvalue weighted by Gasteiger charge is -2.25. The molecule has 2 aromatic carbocycles. The van der Waals surface area contributed by atoms with Crippen LogP contribution in [0.4, 0.5) is 0 Å². The molecule has 0 radical (unpaired) electrons. The summed E-state index contributed by atoms with van der Waals surface area (Å²) in [5.74, 6) is 0. The van der Waals surface area contributed by atoms with Gasteiger partial charge in [0.05, 0.1) is 0 Å². The lowest BCUT2D eigenvalue weighted by atomic mass is 9.95. The molecule has 0 amide bonds. The highest BCUT2D eigenvalue weighted by atomic mass is 14.9. The average molecular weight is 303 g/mol. The molecule has 0 bridgehead atoms. The fraction of sp³-hybridized carbons (Fsp3) is 0.273. The Kier molecular flexibility index (Phi) is 5.69. The van der Waals surface area contributed by atoms with E-state index in [1.807, 2.05) is 6.07 Å². The summed E-state index contributed by atoms with van der Waals surface area (Å²) in [7, 11) is 0. The van der Waals surface area contributed by atoms with E-state index in [1.54, 1.807) is 0 Å². The minimum atomic E-state index is 0.611. The minimum absolute atomic E-state index is 0.611. The number of allylic oxidation sites excluding steroid dienone is 2. The maximum atomic E-state index is 3.77. The fourth-order valence-electron chi connectivity index (χ4n) is 3.13. The standard InChI is InChI=1S/C22H25N/c1-4-11-19(12-5-1)13-10-18-22(20-14-6-2-7-15-20)23-21-16-8-3-9-17-21/h1-2,4-7,10-15,18,21,23H,3,8-9,16-17H2. The monoisotopic (exact) mass is 303 g/mol. The van der Waals surface area contributed by atoms with Crippen molar-refractivity contribution >= 4 is 11.8 Å². The van der Waals surface area contributed by atoms with Crippen LogP contribution in [0.1, 0.15) is 43.2 Å². The maximum absolute atomic E-state index is 3.77. The third kappa shape index (κ3) is 4.85. The number of hydrogen-bond donors (Lipinski definition) is 1. The summed E-state index contributed by atoms with van der Waals surface area (Å²) in [5, 5.41) is 3.77. The molecule has 0 unspecified atom stereocenters. The lowest BCUT2D eigenvalue weighted by molar-refractivity contribution is 0.409. The van der Waals surface area contributed by atoms with Gasteiger partial charge < -0.3 is 5.32 Å². The molecule has 1 fully saturated rings. The topological polar surface area (TPSA) is 12.0 Å². The summed E-state index contributed by atoms with van der Waals surface area (Å²) < 4.78 is 0. The van der Waals surface area contributed by atoms with Gasteiger partial charge in [-0.25, -0.2) is 0 Å². The molecule has 1 nitrogen and oxygen atoms in total. The van der Waals surface area contributed by atoms with E-state index >= 15 is 0 Å². The predicted octanol–water partition coefficient (Wildman–Crippen LogP) is 5.66. The first-order chi connectivity index (χ1) is 11.4. The van der Waals surface area contributed by atoms with Crippen LogP contribution < -0.4 is 5.32 Å². The molecule has 0 aromatic heterocycles. The van der Waals surface area contributed by atoms with Crippen LogP contribution in [0.2, 0.25) is 0 Å². The predicted molar refractivity (Wildman–Crippen MR) is 99.9 cm³/mol. The molecule has 23 heavy (non-hydrogen) atoms. The highest BCUT2D eigenvalue weighted by Crippen LogP contribution is 2.21. The normalized spacial score (nSPS) is 16.6. The van der Waals surface area contributed by atoms with Gasteiger partial charge in [-0.05, 0) is 30.0 Å². The third-order valence-electron chi connectivity index (χ3n) is 4.40. The van der Waals surface area contributed by atoms with E-state index in [2.05, 4.69) is 78.1 Å². The lowest BCUT2D eigenvalue weighted by Crippen LogP contribution is -2.29. The molecule has 2 aromatic rings. The Bertz CT molecular complexity index is 634. The SMILES string of the molecule is C(=Cc1ccccc1)C=C(NC1CCCCC1)c1ccccc1. The van der Waals surface area contributed by atoms with E-state index in [0.717, 1.165) is 0 Å². The van der Waals surface area contributed by atoms with Crippen LogP contribution in [-0.2, 0) is 0 Å². The highest BCUT2D eigenvalue weighted by molar-refractivity contribution is 5.67. The summed E-state index contributed by atoms with van der Waals surface area (Å²) in [5.41, 5.74) is 3.72. The Balaban J connectivity index is 1.76. The molecule has 1 saturated carbocycles. The molecule has 0 aliphatic heterocycles. The molecule has 0 saturated heterocycles. The minimum Gasteiger partial charge on any atom is -0.382 e. The van der Waals surface area contributed by atoms with Crippen molar-refractivity contribution in [2.45, 2.75) is 38.1 Å². The van der Waals surface area contributed by atoms with E-state index in [9.17, 15) is 0 Å². The zero-order valence-corrected chi connectivity index (χ0v) is 13.6. The van der Waals surface area contributed by atoms with E-state index in [1.165, 1.54) is 48.9 Å². The summed E-state index contributed by atoms with van der Waals surface area (Å²) in [4.78, 5) is 0. The Labute approximate surface area is 139 Å². The van der Waals surface area contributed by atoms with Gasteiger partial charge in [0, 0.05) is 11.7 Å². The van der Waals surface area contributed by atoms with Crippen LogP contribution in [0.5, 0.6) is 0 Å². The van der Waals surface area contributed by atoms with Gasteiger partial charge in [-0.15, -0.1) is 0 Å². The smallest absolute Gasteiger partial charge is 0.0415 e. The van der Waals surface area contributed by atoms with Crippen molar-refractivity contribution in [2.24, 2.45) is 0 Å². The number of hydrogen-bond acceptors (Lipinski definition) is 1. The van der Waals surface area contributed by atoms with Gasteiger partial charge in [0.2, 0.25) is 0 Å². The molecule has 1 N–H and O–H groups in total. The zero-order chi connectivity index (χ0) is 15.7. The Morgan fingerprint density at radius 3 is 2.17 bits per heavy atom. The van der Waals surface area contributed by atoms with Gasteiger partial charge in [-0.3, -0.25) is 0 Å². The van der Waals surface area contributed by atoms with Gasteiger partial charge in [-0.2, -0.15) is 0 Å². The van der Waals surface area contributed by atoms with E-state index < -0.39 is 0 Å². The van der Waals surface area contributed by atoms with Crippen LogP contribution in [0, 0.1) is 0 Å². The summed E-state index contributed by atoms with van der Waals surface area (Å²) in [6.45, 7) is 0. The fourth-order valence-corrected chi connectivity index (χ4v) is 3.13. The molecule has 0 atom stereocenters. The molecule has 3 rings (SSSR count). The summed E-state index contributed by atoms with van der Waals surface area (Å²) in [6, 6.07) is 21.7. The number of nitrogens with one attached hydrogen (secondary N) is 1. The third-order valence-corrected chi connectivity index (χ3v) is 4.40. The Hall–Kier alpha value is -2.28. The molecule has 1 aliphatic carbocycles. The largest absolute Gasteiger partial charge is 0.382 e.